The van der Waals surface area contributed by atoms with E-state index in [1.807, 2.05) is 55.5 Å². The summed E-state index contributed by atoms with van der Waals surface area (Å²) in [5.74, 6) is -0.759. The molecule has 1 aliphatic rings. The minimum absolute atomic E-state index is 0.298. The third-order valence-corrected chi connectivity index (χ3v) is 4.93. The normalized spacial score (nSPS) is 13.9. The first kappa shape index (κ1) is 16.0. The molecule has 25 heavy (non-hydrogen) atoms. The van der Waals surface area contributed by atoms with Gasteiger partial charge in [-0.3, -0.25) is 0 Å². The summed E-state index contributed by atoms with van der Waals surface area (Å²) in [6.45, 7) is 1.97. The zero-order valence-electron chi connectivity index (χ0n) is 14.2. The summed E-state index contributed by atoms with van der Waals surface area (Å²) in [6.07, 6.45) is 3.70. The van der Waals surface area contributed by atoms with Crippen molar-refractivity contribution in [2.24, 2.45) is 5.92 Å². The molecule has 0 bridgehead atoms. The van der Waals surface area contributed by atoms with Crippen molar-refractivity contribution in [3.8, 4) is 22.3 Å². The van der Waals surface area contributed by atoms with Crippen molar-refractivity contribution in [1.29, 1.82) is 0 Å². The summed E-state index contributed by atoms with van der Waals surface area (Å²) in [6, 6.07) is 18.6. The maximum atomic E-state index is 14.7. The molecule has 0 atom stereocenters. The molecule has 0 spiro atoms. The molecule has 0 aliphatic heterocycles. The third-order valence-electron chi connectivity index (χ3n) is 4.93. The Morgan fingerprint density at radius 2 is 1.20 bits per heavy atom. The highest BCUT2D eigenvalue weighted by Gasteiger charge is 2.21. The van der Waals surface area contributed by atoms with Crippen LogP contribution in [-0.2, 0) is 6.42 Å². The Bertz CT molecular complexity index is 889. The average molecular weight is 334 g/mol. The monoisotopic (exact) mass is 334 g/mol. The van der Waals surface area contributed by atoms with Gasteiger partial charge in [-0.1, -0.05) is 66.2 Å². The molecule has 0 aromatic heterocycles. The fourth-order valence-electron chi connectivity index (χ4n) is 3.20. The molecule has 126 valence electrons. The summed E-state index contributed by atoms with van der Waals surface area (Å²) in [5.41, 5.74) is 4.37. The van der Waals surface area contributed by atoms with Crippen LogP contribution in [0.1, 0.15) is 24.0 Å². The highest BCUT2D eigenvalue weighted by Crippen LogP contribution is 2.34. The maximum Gasteiger partial charge on any atom is 0.167 e. The minimum atomic E-state index is -0.789. The summed E-state index contributed by atoms with van der Waals surface area (Å²) in [7, 11) is 0. The molecule has 3 aromatic rings. The molecular formula is C23H20F2. The lowest BCUT2D eigenvalue weighted by molar-refractivity contribution is 0.514. The molecule has 1 saturated carbocycles. The molecule has 0 heterocycles. The predicted molar refractivity (Wildman–Crippen MR) is 98.4 cm³/mol. The highest BCUT2D eigenvalue weighted by atomic mass is 19.2. The molecule has 0 amide bonds. The van der Waals surface area contributed by atoms with E-state index in [1.54, 1.807) is 12.1 Å². The maximum absolute atomic E-state index is 14.7. The van der Waals surface area contributed by atoms with Crippen LogP contribution in [0.25, 0.3) is 22.3 Å². The van der Waals surface area contributed by atoms with Crippen molar-refractivity contribution in [2.45, 2.75) is 26.2 Å². The Balaban J connectivity index is 1.66. The van der Waals surface area contributed by atoms with E-state index >= 15 is 0 Å². The predicted octanol–water partition coefficient (Wildman–Crippen LogP) is 6.56. The standard InChI is InChI=1S/C23H20F2/c1-15-2-8-18(9-3-15)20-12-13-21(23(25)22(20)24)19-10-6-17(7-11-19)14-16-4-5-16/h2-3,6-13,16H,4-5,14H2,1H3. The Hall–Kier alpha value is -2.48. The quantitative estimate of drug-likeness (QED) is 0.507. The van der Waals surface area contributed by atoms with Gasteiger partial charge in [0.05, 0.1) is 0 Å². The molecule has 0 saturated heterocycles. The van der Waals surface area contributed by atoms with E-state index in [-0.39, 0.29) is 0 Å². The zero-order valence-corrected chi connectivity index (χ0v) is 14.2. The Morgan fingerprint density at radius 3 is 1.68 bits per heavy atom. The van der Waals surface area contributed by atoms with Gasteiger partial charge in [0.25, 0.3) is 0 Å². The number of aryl methyl sites for hydroxylation is 1. The number of rotatable bonds is 4. The number of benzene rings is 3. The van der Waals surface area contributed by atoms with E-state index in [0.717, 1.165) is 17.9 Å². The van der Waals surface area contributed by atoms with Crippen molar-refractivity contribution in [3.63, 3.8) is 0 Å². The Morgan fingerprint density at radius 1 is 0.720 bits per heavy atom. The molecule has 0 nitrogen and oxygen atoms in total. The highest BCUT2D eigenvalue weighted by molar-refractivity contribution is 5.72. The van der Waals surface area contributed by atoms with Gasteiger partial charge < -0.3 is 0 Å². The van der Waals surface area contributed by atoms with Crippen LogP contribution < -0.4 is 0 Å². The van der Waals surface area contributed by atoms with Crippen LogP contribution in [0.2, 0.25) is 0 Å². The first-order chi connectivity index (χ1) is 12.1. The molecule has 3 aromatic carbocycles. The molecule has 4 rings (SSSR count). The van der Waals surface area contributed by atoms with Gasteiger partial charge in [0.1, 0.15) is 0 Å². The largest absolute Gasteiger partial charge is 0.203 e. The first-order valence-corrected chi connectivity index (χ1v) is 8.76. The van der Waals surface area contributed by atoms with Gasteiger partial charge in [0, 0.05) is 11.1 Å². The molecule has 0 radical (unpaired) electrons. The van der Waals surface area contributed by atoms with Crippen molar-refractivity contribution < 1.29 is 8.78 Å². The van der Waals surface area contributed by atoms with Gasteiger partial charge in [-0.15, -0.1) is 0 Å². The fourth-order valence-corrected chi connectivity index (χ4v) is 3.20. The van der Waals surface area contributed by atoms with Crippen molar-refractivity contribution in [3.05, 3.63) is 83.4 Å². The zero-order chi connectivity index (χ0) is 17.4. The summed E-state index contributed by atoms with van der Waals surface area (Å²) >= 11 is 0. The first-order valence-electron chi connectivity index (χ1n) is 8.76. The van der Waals surface area contributed by atoms with Crippen LogP contribution in [0, 0.1) is 24.5 Å². The van der Waals surface area contributed by atoms with Gasteiger partial charge >= 0.3 is 0 Å². The summed E-state index contributed by atoms with van der Waals surface area (Å²) < 4.78 is 29.3. The van der Waals surface area contributed by atoms with E-state index in [4.69, 9.17) is 0 Å². The summed E-state index contributed by atoms with van der Waals surface area (Å²) in [5, 5.41) is 0. The third kappa shape index (κ3) is 3.34. The van der Waals surface area contributed by atoms with Crippen LogP contribution in [0.5, 0.6) is 0 Å². The molecule has 2 heteroatoms. The minimum Gasteiger partial charge on any atom is -0.203 e. The number of hydrogen-bond donors (Lipinski definition) is 0. The van der Waals surface area contributed by atoms with Gasteiger partial charge in [-0.25, -0.2) is 8.78 Å². The van der Waals surface area contributed by atoms with Crippen molar-refractivity contribution >= 4 is 0 Å². The topological polar surface area (TPSA) is 0 Å². The molecule has 1 fully saturated rings. The summed E-state index contributed by atoms with van der Waals surface area (Å²) in [4.78, 5) is 0. The van der Waals surface area contributed by atoms with Gasteiger partial charge in [-0.05, 0) is 48.8 Å². The van der Waals surface area contributed by atoms with Crippen molar-refractivity contribution in [1.82, 2.24) is 0 Å². The number of halogens is 2. The average Bonchev–Trinajstić information content (AvgIpc) is 3.43. The van der Waals surface area contributed by atoms with E-state index < -0.39 is 11.6 Å². The second-order valence-corrected chi connectivity index (χ2v) is 7.00. The Labute approximate surface area is 147 Å². The fraction of sp³-hybridized carbons (Fsp3) is 0.217. The van der Waals surface area contributed by atoms with Crippen LogP contribution >= 0.6 is 0 Å². The van der Waals surface area contributed by atoms with Crippen LogP contribution in [0.4, 0.5) is 8.78 Å². The molecule has 1 aliphatic carbocycles. The molecule has 0 unspecified atom stereocenters. The van der Waals surface area contributed by atoms with E-state index in [9.17, 15) is 8.78 Å². The van der Waals surface area contributed by atoms with E-state index in [2.05, 4.69) is 0 Å². The smallest absolute Gasteiger partial charge is 0.167 e. The van der Waals surface area contributed by atoms with Crippen LogP contribution in [0.3, 0.4) is 0 Å². The lowest BCUT2D eigenvalue weighted by atomic mass is 9.97. The molecule has 0 N–H and O–H groups in total. The van der Waals surface area contributed by atoms with Crippen molar-refractivity contribution in [2.75, 3.05) is 0 Å². The molecular weight excluding hydrogens is 314 g/mol. The Kier molecular flexibility index (Phi) is 4.12. The van der Waals surface area contributed by atoms with Gasteiger partial charge in [-0.2, -0.15) is 0 Å². The number of hydrogen-bond acceptors (Lipinski definition) is 0. The van der Waals surface area contributed by atoms with Gasteiger partial charge in [0.15, 0.2) is 11.6 Å². The lowest BCUT2D eigenvalue weighted by Gasteiger charge is -2.10. The van der Waals surface area contributed by atoms with E-state index in [1.165, 1.54) is 18.4 Å². The lowest BCUT2D eigenvalue weighted by Crippen LogP contribution is -1.94. The van der Waals surface area contributed by atoms with Gasteiger partial charge in [0.2, 0.25) is 0 Å². The SMILES string of the molecule is Cc1ccc(-c2ccc(-c3ccc(CC4CC4)cc3)c(F)c2F)cc1. The van der Waals surface area contributed by atoms with Crippen LogP contribution in [0.15, 0.2) is 60.7 Å². The van der Waals surface area contributed by atoms with Crippen LogP contribution in [-0.4, -0.2) is 0 Å². The van der Waals surface area contributed by atoms with E-state index in [0.29, 0.717) is 22.3 Å². The second kappa shape index (κ2) is 6.44. The second-order valence-electron chi connectivity index (χ2n) is 7.00.